The van der Waals surface area contributed by atoms with E-state index >= 15 is 0 Å². The van der Waals surface area contributed by atoms with Crippen molar-refractivity contribution >= 4 is 23.3 Å². The van der Waals surface area contributed by atoms with Gasteiger partial charge in [0.1, 0.15) is 11.6 Å². The highest BCUT2D eigenvalue weighted by molar-refractivity contribution is 7.10. The Bertz CT molecular complexity index is 499. The van der Waals surface area contributed by atoms with Crippen LogP contribution in [0.5, 0.6) is 0 Å². The zero-order valence-electron chi connectivity index (χ0n) is 11.1. The Morgan fingerprint density at radius 3 is 2.95 bits per heavy atom. The first kappa shape index (κ1) is 13.8. The van der Waals surface area contributed by atoms with Crippen LogP contribution in [0.3, 0.4) is 0 Å². The van der Waals surface area contributed by atoms with Gasteiger partial charge >= 0.3 is 0 Å². The Labute approximate surface area is 117 Å². The van der Waals surface area contributed by atoms with E-state index in [1.165, 1.54) is 17.8 Å². The van der Waals surface area contributed by atoms with Gasteiger partial charge in [0, 0.05) is 10.9 Å². The summed E-state index contributed by atoms with van der Waals surface area (Å²) in [6, 6.07) is 6.02. The highest BCUT2D eigenvalue weighted by Gasteiger charge is 2.23. The molecule has 1 fully saturated rings. The molecule has 1 N–H and O–H groups in total. The van der Waals surface area contributed by atoms with E-state index in [9.17, 15) is 4.79 Å². The number of carbonyl (C=O) groups excluding carboxylic acids is 1. The van der Waals surface area contributed by atoms with Gasteiger partial charge in [-0.05, 0) is 36.3 Å². The first-order valence-corrected chi connectivity index (χ1v) is 7.55. The van der Waals surface area contributed by atoms with Crippen LogP contribution >= 0.6 is 11.3 Å². The largest absolute Gasteiger partial charge is 0.348 e. The average molecular weight is 274 g/mol. The molecule has 0 unspecified atom stereocenters. The molecule has 2 atom stereocenters. The van der Waals surface area contributed by atoms with Gasteiger partial charge in [-0.3, -0.25) is 4.79 Å². The van der Waals surface area contributed by atoms with E-state index < -0.39 is 0 Å². The van der Waals surface area contributed by atoms with Crippen molar-refractivity contribution in [2.24, 2.45) is 5.92 Å². The van der Waals surface area contributed by atoms with Crippen LogP contribution in [0.2, 0.25) is 0 Å². The zero-order chi connectivity index (χ0) is 13.7. The molecular weight excluding hydrogens is 256 g/mol. The molecule has 1 heterocycles. The van der Waals surface area contributed by atoms with Crippen molar-refractivity contribution in [1.29, 1.82) is 5.26 Å². The number of nitrogens with one attached hydrogen (secondary N) is 1. The maximum absolute atomic E-state index is 12.1. The summed E-state index contributed by atoms with van der Waals surface area (Å²) in [6.07, 6.45) is 6.23. The van der Waals surface area contributed by atoms with E-state index in [2.05, 4.69) is 12.2 Å². The second kappa shape index (κ2) is 6.53. The summed E-state index contributed by atoms with van der Waals surface area (Å²) in [5, 5.41) is 14.1. The average Bonchev–Trinajstić information content (AvgIpc) is 2.91. The SMILES string of the molecule is C[C@@H]1CCCC[C@@H]1NC(=O)/C(C#N)=C/c1cccs1. The van der Waals surface area contributed by atoms with Gasteiger partial charge < -0.3 is 5.32 Å². The fraction of sp³-hybridized carbons (Fsp3) is 0.467. The van der Waals surface area contributed by atoms with E-state index in [1.807, 2.05) is 23.6 Å². The molecule has 0 saturated heterocycles. The molecule has 1 aromatic heterocycles. The topological polar surface area (TPSA) is 52.9 Å². The summed E-state index contributed by atoms with van der Waals surface area (Å²) in [7, 11) is 0. The van der Waals surface area contributed by atoms with Gasteiger partial charge in [0.2, 0.25) is 0 Å². The Balaban J connectivity index is 2.03. The van der Waals surface area contributed by atoms with Gasteiger partial charge in [0.05, 0.1) is 0 Å². The van der Waals surface area contributed by atoms with Crippen LogP contribution < -0.4 is 5.32 Å². The van der Waals surface area contributed by atoms with Crippen molar-refractivity contribution in [2.75, 3.05) is 0 Å². The Kier molecular flexibility index (Phi) is 4.75. The summed E-state index contributed by atoms with van der Waals surface area (Å²) in [5.74, 6) is 0.258. The van der Waals surface area contributed by atoms with Crippen LogP contribution in [0, 0.1) is 17.2 Å². The zero-order valence-corrected chi connectivity index (χ0v) is 11.9. The van der Waals surface area contributed by atoms with Gasteiger partial charge in [-0.1, -0.05) is 25.8 Å². The number of amides is 1. The normalized spacial score (nSPS) is 23.7. The predicted molar refractivity (Wildman–Crippen MR) is 77.5 cm³/mol. The molecule has 0 aromatic carbocycles. The molecule has 0 bridgehead atoms. The van der Waals surface area contributed by atoms with Gasteiger partial charge in [-0.2, -0.15) is 5.26 Å². The summed E-state index contributed by atoms with van der Waals surface area (Å²) < 4.78 is 0. The summed E-state index contributed by atoms with van der Waals surface area (Å²) >= 11 is 1.52. The van der Waals surface area contributed by atoms with Crippen LogP contribution in [0.4, 0.5) is 0 Å². The quantitative estimate of drug-likeness (QED) is 0.679. The molecule has 0 radical (unpaired) electrons. The number of hydrogen-bond donors (Lipinski definition) is 1. The first-order chi connectivity index (χ1) is 9.20. The van der Waals surface area contributed by atoms with E-state index in [0.717, 1.165) is 24.1 Å². The minimum atomic E-state index is -0.241. The minimum Gasteiger partial charge on any atom is -0.348 e. The molecule has 0 spiro atoms. The molecular formula is C15H18N2OS. The third-order valence-corrected chi connectivity index (χ3v) is 4.44. The number of carbonyl (C=O) groups is 1. The maximum Gasteiger partial charge on any atom is 0.262 e. The van der Waals surface area contributed by atoms with Crippen molar-refractivity contribution in [3.63, 3.8) is 0 Å². The summed E-state index contributed by atoms with van der Waals surface area (Å²) in [6.45, 7) is 2.17. The molecule has 1 saturated carbocycles. The molecule has 0 aliphatic heterocycles. The number of hydrogen-bond acceptors (Lipinski definition) is 3. The molecule has 1 amide bonds. The standard InChI is InChI=1S/C15H18N2OS/c1-11-5-2-3-7-14(11)17-15(18)12(10-16)9-13-6-4-8-19-13/h4,6,8-9,11,14H,2-3,5,7H2,1H3,(H,17,18)/b12-9+/t11-,14+/m1/s1. The Morgan fingerprint density at radius 2 is 2.32 bits per heavy atom. The van der Waals surface area contributed by atoms with E-state index in [1.54, 1.807) is 6.08 Å². The monoisotopic (exact) mass is 274 g/mol. The van der Waals surface area contributed by atoms with Gasteiger partial charge in [0.15, 0.2) is 0 Å². The lowest BCUT2D eigenvalue weighted by molar-refractivity contribution is -0.118. The number of nitriles is 1. The molecule has 4 heteroatoms. The van der Waals surface area contributed by atoms with Crippen molar-refractivity contribution in [1.82, 2.24) is 5.32 Å². The smallest absolute Gasteiger partial charge is 0.262 e. The number of thiophene rings is 1. The highest BCUT2D eigenvalue weighted by Crippen LogP contribution is 2.24. The molecule has 1 aliphatic rings. The molecule has 2 rings (SSSR count). The van der Waals surface area contributed by atoms with Crippen molar-refractivity contribution in [2.45, 2.75) is 38.6 Å². The lowest BCUT2D eigenvalue weighted by atomic mass is 9.86. The van der Waals surface area contributed by atoms with Gasteiger partial charge in [-0.25, -0.2) is 0 Å². The van der Waals surface area contributed by atoms with E-state index in [4.69, 9.17) is 5.26 Å². The highest BCUT2D eigenvalue weighted by atomic mass is 32.1. The third kappa shape index (κ3) is 3.68. The lowest BCUT2D eigenvalue weighted by Crippen LogP contribution is -2.41. The molecule has 19 heavy (non-hydrogen) atoms. The van der Waals surface area contributed by atoms with Crippen LogP contribution in [0.1, 0.15) is 37.5 Å². The van der Waals surface area contributed by atoms with E-state index in [-0.39, 0.29) is 17.5 Å². The van der Waals surface area contributed by atoms with E-state index in [0.29, 0.717) is 5.92 Å². The van der Waals surface area contributed by atoms with Crippen LogP contribution in [-0.2, 0) is 4.79 Å². The predicted octanol–water partition coefficient (Wildman–Crippen LogP) is 3.35. The summed E-state index contributed by atoms with van der Waals surface area (Å²) in [4.78, 5) is 13.1. The van der Waals surface area contributed by atoms with Gasteiger partial charge in [-0.15, -0.1) is 11.3 Å². The van der Waals surface area contributed by atoms with Gasteiger partial charge in [0.25, 0.3) is 5.91 Å². The fourth-order valence-corrected chi connectivity index (χ4v) is 3.10. The molecule has 1 aromatic rings. The van der Waals surface area contributed by atoms with Crippen molar-refractivity contribution in [3.05, 3.63) is 28.0 Å². The molecule has 3 nitrogen and oxygen atoms in total. The van der Waals surface area contributed by atoms with Crippen molar-refractivity contribution in [3.8, 4) is 6.07 Å². The molecule has 100 valence electrons. The Morgan fingerprint density at radius 1 is 1.53 bits per heavy atom. The number of nitrogens with zero attached hydrogens (tertiary/aromatic N) is 1. The number of rotatable bonds is 3. The third-order valence-electron chi connectivity index (χ3n) is 3.62. The molecule has 1 aliphatic carbocycles. The van der Waals surface area contributed by atoms with Crippen LogP contribution in [0.15, 0.2) is 23.1 Å². The summed E-state index contributed by atoms with van der Waals surface area (Å²) in [5.41, 5.74) is 0.195. The second-order valence-electron chi connectivity index (χ2n) is 5.03. The fourth-order valence-electron chi connectivity index (χ4n) is 2.44. The Hall–Kier alpha value is -1.60. The lowest BCUT2D eigenvalue weighted by Gasteiger charge is -2.29. The van der Waals surface area contributed by atoms with Crippen LogP contribution in [-0.4, -0.2) is 11.9 Å². The maximum atomic E-state index is 12.1. The van der Waals surface area contributed by atoms with Crippen molar-refractivity contribution < 1.29 is 4.79 Å². The second-order valence-corrected chi connectivity index (χ2v) is 6.01. The minimum absolute atomic E-state index is 0.195. The first-order valence-electron chi connectivity index (χ1n) is 6.67. The van der Waals surface area contributed by atoms with Crippen LogP contribution in [0.25, 0.3) is 6.08 Å².